The van der Waals surface area contributed by atoms with Crippen LogP contribution in [0.4, 0.5) is 0 Å². The van der Waals surface area contributed by atoms with Gasteiger partial charge in [0.15, 0.2) is 0 Å². The highest BCUT2D eigenvalue weighted by atomic mass is 16.6. The zero-order valence-corrected chi connectivity index (χ0v) is 8.55. The molecule has 12 heavy (non-hydrogen) atoms. The number of aliphatic hydroxyl groups is 1. The molecule has 1 N–H and O–H groups in total. The van der Waals surface area contributed by atoms with Crippen molar-refractivity contribution in [3.63, 3.8) is 0 Å². The topological polar surface area (TPSA) is 32.8 Å². The molecule has 72 valence electrons. The van der Waals surface area contributed by atoms with Crippen molar-refractivity contribution in [2.75, 3.05) is 6.61 Å². The summed E-state index contributed by atoms with van der Waals surface area (Å²) >= 11 is 0. The summed E-state index contributed by atoms with van der Waals surface area (Å²) in [7, 11) is 0. The van der Waals surface area contributed by atoms with E-state index in [-0.39, 0.29) is 5.41 Å². The Bertz CT molecular complexity index is 156. The number of ether oxygens (including phenoxy) is 1. The number of rotatable bonds is 3. The van der Waals surface area contributed by atoms with E-state index in [0.29, 0.717) is 6.10 Å². The van der Waals surface area contributed by atoms with Crippen molar-refractivity contribution in [2.45, 2.75) is 52.2 Å². The lowest BCUT2D eigenvalue weighted by molar-refractivity contribution is -0.0717. The average Bonchev–Trinajstić information content (AvgIpc) is 2.69. The first-order valence-electron chi connectivity index (χ1n) is 4.73. The van der Waals surface area contributed by atoms with Crippen molar-refractivity contribution in [1.82, 2.24) is 0 Å². The minimum Gasteiger partial charge on any atom is -0.389 e. The predicted molar refractivity (Wildman–Crippen MR) is 49.1 cm³/mol. The molecule has 0 radical (unpaired) electrons. The molecule has 1 aliphatic rings. The van der Waals surface area contributed by atoms with Crippen LogP contribution >= 0.6 is 0 Å². The maximum absolute atomic E-state index is 10.3. The largest absolute Gasteiger partial charge is 0.389 e. The van der Waals surface area contributed by atoms with Gasteiger partial charge in [-0.15, -0.1) is 0 Å². The van der Waals surface area contributed by atoms with E-state index in [1.807, 2.05) is 6.92 Å². The average molecular weight is 172 g/mol. The van der Waals surface area contributed by atoms with Crippen LogP contribution in [0.5, 0.6) is 0 Å². The van der Waals surface area contributed by atoms with Gasteiger partial charge in [0.1, 0.15) is 0 Å². The Balaban J connectivity index is 2.59. The highest BCUT2D eigenvalue weighted by Gasteiger charge is 2.43. The molecule has 0 amide bonds. The lowest BCUT2D eigenvalue weighted by Crippen LogP contribution is -2.43. The summed E-state index contributed by atoms with van der Waals surface area (Å²) in [4.78, 5) is 0. The van der Waals surface area contributed by atoms with Gasteiger partial charge in [0.2, 0.25) is 0 Å². The highest BCUT2D eigenvalue weighted by Crippen LogP contribution is 2.39. The SMILES string of the molecule is CC[C@@](O)(C[C@@H]1CO1)C(C)(C)C. The third-order valence-corrected chi connectivity index (χ3v) is 2.95. The van der Waals surface area contributed by atoms with Crippen molar-refractivity contribution in [3.05, 3.63) is 0 Å². The minimum atomic E-state index is -0.561. The molecule has 2 atom stereocenters. The van der Waals surface area contributed by atoms with E-state index in [1.54, 1.807) is 0 Å². The second-order valence-corrected chi connectivity index (χ2v) is 4.79. The normalized spacial score (nSPS) is 28.2. The van der Waals surface area contributed by atoms with Crippen LogP contribution in [0, 0.1) is 5.41 Å². The molecular formula is C10H20O2. The Hall–Kier alpha value is -0.0800. The quantitative estimate of drug-likeness (QED) is 0.660. The van der Waals surface area contributed by atoms with Crippen LogP contribution in [0.25, 0.3) is 0 Å². The van der Waals surface area contributed by atoms with Gasteiger partial charge < -0.3 is 9.84 Å². The number of hydrogen-bond donors (Lipinski definition) is 1. The van der Waals surface area contributed by atoms with Crippen LogP contribution in [-0.4, -0.2) is 23.4 Å². The van der Waals surface area contributed by atoms with Crippen LogP contribution in [0.15, 0.2) is 0 Å². The molecule has 1 heterocycles. The summed E-state index contributed by atoms with van der Waals surface area (Å²) in [6.07, 6.45) is 1.90. The molecule has 0 saturated carbocycles. The monoisotopic (exact) mass is 172 g/mol. The fourth-order valence-corrected chi connectivity index (χ4v) is 1.54. The molecule has 0 aromatic rings. The summed E-state index contributed by atoms with van der Waals surface area (Å²) < 4.78 is 5.14. The minimum absolute atomic E-state index is 0.0479. The molecule has 1 rings (SSSR count). The number of hydrogen-bond acceptors (Lipinski definition) is 2. The first kappa shape index (κ1) is 10.0. The zero-order chi connectivity index (χ0) is 9.41. The lowest BCUT2D eigenvalue weighted by atomic mass is 9.72. The Kier molecular flexibility index (Phi) is 2.50. The van der Waals surface area contributed by atoms with Crippen LogP contribution in [0.2, 0.25) is 0 Å². The molecule has 2 nitrogen and oxygen atoms in total. The maximum Gasteiger partial charge on any atom is 0.0837 e. The molecule has 1 saturated heterocycles. The van der Waals surface area contributed by atoms with Crippen molar-refractivity contribution in [1.29, 1.82) is 0 Å². The summed E-state index contributed by atoms with van der Waals surface area (Å²) in [5.74, 6) is 0. The van der Waals surface area contributed by atoms with E-state index in [1.165, 1.54) is 0 Å². The van der Waals surface area contributed by atoms with Gasteiger partial charge in [-0.2, -0.15) is 0 Å². The number of epoxide rings is 1. The molecule has 1 fully saturated rings. The van der Waals surface area contributed by atoms with E-state index in [0.717, 1.165) is 19.4 Å². The predicted octanol–water partition coefficient (Wildman–Crippen LogP) is 1.96. The van der Waals surface area contributed by atoms with Crippen molar-refractivity contribution in [2.24, 2.45) is 5.41 Å². The van der Waals surface area contributed by atoms with E-state index in [9.17, 15) is 5.11 Å². The summed E-state index contributed by atoms with van der Waals surface area (Å²) in [6.45, 7) is 9.11. The summed E-state index contributed by atoms with van der Waals surface area (Å²) in [5.41, 5.74) is -0.609. The molecule has 0 spiro atoms. The Morgan fingerprint density at radius 2 is 1.92 bits per heavy atom. The maximum atomic E-state index is 10.3. The van der Waals surface area contributed by atoms with Crippen LogP contribution in [0.3, 0.4) is 0 Å². The molecule has 0 aromatic carbocycles. The molecule has 0 aromatic heterocycles. The standard InChI is InChI=1S/C10H20O2/c1-5-10(11,9(2,3)4)6-8-7-12-8/h8,11H,5-7H2,1-4H3/t8-,10-/m1/s1. The van der Waals surface area contributed by atoms with Gasteiger partial charge in [0.25, 0.3) is 0 Å². The Morgan fingerprint density at radius 3 is 2.17 bits per heavy atom. The second-order valence-electron chi connectivity index (χ2n) is 4.79. The van der Waals surface area contributed by atoms with Crippen molar-refractivity contribution in [3.8, 4) is 0 Å². The molecular weight excluding hydrogens is 152 g/mol. The molecule has 0 bridgehead atoms. The third kappa shape index (κ3) is 1.99. The van der Waals surface area contributed by atoms with Gasteiger partial charge in [-0.25, -0.2) is 0 Å². The van der Waals surface area contributed by atoms with Gasteiger partial charge in [-0.05, 0) is 11.8 Å². The fourth-order valence-electron chi connectivity index (χ4n) is 1.54. The van der Waals surface area contributed by atoms with Gasteiger partial charge in [0, 0.05) is 6.42 Å². The molecule has 1 aliphatic heterocycles. The van der Waals surface area contributed by atoms with Gasteiger partial charge in [0.05, 0.1) is 18.3 Å². The fraction of sp³-hybridized carbons (Fsp3) is 1.00. The van der Waals surface area contributed by atoms with Gasteiger partial charge in [-0.3, -0.25) is 0 Å². The van der Waals surface area contributed by atoms with Gasteiger partial charge >= 0.3 is 0 Å². The highest BCUT2D eigenvalue weighted by molar-refractivity contribution is 4.93. The van der Waals surface area contributed by atoms with E-state index >= 15 is 0 Å². The summed E-state index contributed by atoms with van der Waals surface area (Å²) in [5, 5.41) is 10.3. The Labute approximate surface area is 74.9 Å². The molecule has 0 aliphatic carbocycles. The Morgan fingerprint density at radius 1 is 1.42 bits per heavy atom. The first-order chi connectivity index (χ1) is 5.39. The zero-order valence-electron chi connectivity index (χ0n) is 8.55. The molecule has 2 heteroatoms. The van der Waals surface area contributed by atoms with Crippen molar-refractivity contribution < 1.29 is 9.84 Å². The smallest absolute Gasteiger partial charge is 0.0837 e. The van der Waals surface area contributed by atoms with Gasteiger partial charge in [-0.1, -0.05) is 27.7 Å². The van der Waals surface area contributed by atoms with Crippen molar-refractivity contribution >= 4 is 0 Å². The van der Waals surface area contributed by atoms with Crippen LogP contribution < -0.4 is 0 Å². The summed E-state index contributed by atoms with van der Waals surface area (Å²) in [6, 6.07) is 0. The van der Waals surface area contributed by atoms with Crippen LogP contribution in [-0.2, 0) is 4.74 Å². The van der Waals surface area contributed by atoms with E-state index in [2.05, 4.69) is 20.8 Å². The van der Waals surface area contributed by atoms with E-state index < -0.39 is 5.60 Å². The molecule has 0 unspecified atom stereocenters. The lowest BCUT2D eigenvalue weighted by Gasteiger charge is -2.39. The van der Waals surface area contributed by atoms with Crippen LogP contribution in [0.1, 0.15) is 40.5 Å². The second kappa shape index (κ2) is 3.00. The first-order valence-corrected chi connectivity index (χ1v) is 4.73. The van der Waals surface area contributed by atoms with E-state index in [4.69, 9.17) is 4.74 Å². The third-order valence-electron chi connectivity index (χ3n) is 2.95.